The van der Waals surface area contributed by atoms with E-state index in [-0.39, 0.29) is 5.78 Å². The lowest BCUT2D eigenvalue weighted by Crippen LogP contribution is -2.08. The Hall–Kier alpha value is -2.40. The van der Waals surface area contributed by atoms with Gasteiger partial charge in [0.1, 0.15) is 5.75 Å². The molecule has 0 heterocycles. The van der Waals surface area contributed by atoms with E-state index < -0.39 is 5.97 Å². The van der Waals surface area contributed by atoms with Gasteiger partial charge in [-0.25, -0.2) is 4.79 Å². The molecule has 0 amide bonds. The first-order valence-corrected chi connectivity index (χ1v) is 9.73. The Morgan fingerprint density at radius 1 is 0.821 bits per heavy atom. The molecular weight excluding hydrogens is 463 g/mol. The molecule has 0 radical (unpaired) electrons. The van der Waals surface area contributed by atoms with Crippen LogP contribution in [-0.4, -0.2) is 11.8 Å². The molecule has 0 unspecified atom stereocenters. The van der Waals surface area contributed by atoms with Crippen molar-refractivity contribution in [2.45, 2.75) is 0 Å². The summed E-state index contributed by atoms with van der Waals surface area (Å²) in [5.41, 5.74) is 1.46. The highest BCUT2D eigenvalue weighted by Crippen LogP contribution is 2.25. The molecule has 0 aliphatic rings. The summed E-state index contributed by atoms with van der Waals surface area (Å²) in [6, 6.07) is 18.3. The van der Waals surface area contributed by atoms with Crippen LogP contribution in [0.15, 0.2) is 77.3 Å². The van der Waals surface area contributed by atoms with Crippen molar-refractivity contribution in [2.75, 3.05) is 0 Å². The summed E-state index contributed by atoms with van der Waals surface area (Å²) in [6.45, 7) is 0. The van der Waals surface area contributed by atoms with E-state index in [0.29, 0.717) is 32.5 Å². The molecule has 3 aromatic carbocycles. The van der Waals surface area contributed by atoms with E-state index >= 15 is 0 Å². The summed E-state index contributed by atoms with van der Waals surface area (Å²) in [6.07, 6.45) is 2.98. The Labute approximate surface area is 180 Å². The van der Waals surface area contributed by atoms with Crippen LogP contribution < -0.4 is 4.74 Å². The standard InChI is InChI=1S/C22H13BrCl2O3/c23-16-8-4-15(5-9-16)22(27)28-17-10-6-14(7-11-17)21(26)13-12-18-19(24)2-1-3-20(18)25/h1-13H. The summed E-state index contributed by atoms with van der Waals surface area (Å²) in [5, 5.41) is 0.929. The van der Waals surface area contributed by atoms with Crippen LogP contribution in [0.3, 0.4) is 0 Å². The highest BCUT2D eigenvalue weighted by atomic mass is 79.9. The topological polar surface area (TPSA) is 43.4 Å². The molecule has 3 nitrogen and oxygen atoms in total. The molecule has 3 aromatic rings. The van der Waals surface area contributed by atoms with Crippen LogP contribution in [0.2, 0.25) is 10.0 Å². The van der Waals surface area contributed by atoms with Gasteiger partial charge in [-0.15, -0.1) is 0 Å². The van der Waals surface area contributed by atoms with Crippen molar-refractivity contribution in [1.82, 2.24) is 0 Å². The summed E-state index contributed by atoms with van der Waals surface area (Å²) >= 11 is 15.5. The Kier molecular flexibility index (Phi) is 6.68. The molecule has 0 atom stereocenters. The van der Waals surface area contributed by atoms with Crippen LogP contribution in [0.4, 0.5) is 0 Å². The number of ketones is 1. The molecule has 3 rings (SSSR count). The van der Waals surface area contributed by atoms with E-state index in [4.69, 9.17) is 27.9 Å². The maximum Gasteiger partial charge on any atom is 0.343 e. The SMILES string of the molecule is O=C(C=Cc1c(Cl)cccc1Cl)c1ccc(OC(=O)c2ccc(Br)cc2)cc1. The van der Waals surface area contributed by atoms with Crippen molar-refractivity contribution in [2.24, 2.45) is 0 Å². The van der Waals surface area contributed by atoms with Crippen molar-refractivity contribution < 1.29 is 14.3 Å². The minimum atomic E-state index is -0.472. The van der Waals surface area contributed by atoms with E-state index in [2.05, 4.69) is 15.9 Å². The third-order valence-electron chi connectivity index (χ3n) is 3.83. The van der Waals surface area contributed by atoms with Crippen molar-refractivity contribution in [3.8, 4) is 5.75 Å². The number of hydrogen-bond acceptors (Lipinski definition) is 3. The normalized spacial score (nSPS) is 10.8. The van der Waals surface area contributed by atoms with E-state index in [1.165, 1.54) is 6.08 Å². The van der Waals surface area contributed by atoms with Gasteiger partial charge in [0.15, 0.2) is 5.78 Å². The van der Waals surface area contributed by atoms with Crippen molar-refractivity contribution in [1.29, 1.82) is 0 Å². The predicted molar refractivity (Wildman–Crippen MR) is 115 cm³/mol. The molecule has 28 heavy (non-hydrogen) atoms. The lowest BCUT2D eigenvalue weighted by Gasteiger charge is -2.05. The number of carbonyl (C=O) groups is 2. The van der Waals surface area contributed by atoms with E-state index in [9.17, 15) is 9.59 Å². The summed E-state index contributed by atoms with van der Waals surface area (Å²) in [7, 11) is 0. The third kappa shape index (κ3) is 5.10. The van der Waals surface area contributed by atoms with Crippen LogP contribution in [0.25, 0.3) is 6.08 Å². The van der Waals surface area contributed by atoms with Gasteiger partial charge in [-0.2, -0.15) is 0 Å². The maximum atomic E-state index is 12.3. The van der Waals surface area contributed by atoms with E-state index in [1.807, 2.05) is 0 Å². The monoisotopic (exact) mass is 474 g/mol. The number of halogens is 3. The van der Waals surface area contributed by atoms with Crippen LogP contribution >= 0.6 is 39.1 Å². The molecular formula is C22H13BrCl2O3. The van der Waals surface area contributed by atoms with Crippen molar-refractivity contribution >= 4 is 57.0 Å². The van der Waals surface area contributed by atoms with E-state index in [0.717, 1.165) is 4.47 Å². The minimum Gasteiger partial charge on any atom is -0.423 e. The molecule has 0 spiro atoms. The summed E-state index contributed by atoms with van der Waals surface area (Å²) < 4.78 is 6.19. The summed E-state index contributed by atoms with van der Waals surface area (Å²) in [5.74, 6) is -0.343. The average molecular weight is 476 g/mol. The van der Waals surface area contributed by atoms with Gasteiger partial charge in [0.25, 0.3) is 0 Å². The van der Waals surface area contributed by atoms with Gasteiger partial charge in [0.2, 0.25) is 0 Å². The Bertz CT molecular complexity index is 1020. The van der Waals surface area contributed by atoms with Gasteiger partial charge < -0.3 is 4.74 Å². The molecule has 0 saturated carbocycles. The number of carbonyl (C=O) groups excluding carboxylic acids is 2. The van der Waals surface area contributed by atoms with Gasteiger partial charge in [-0.3, -0.25) is 4.79 Å². The van der Waals surface area contributed by atoms with Gasteiger partial charge in [0, 0.05) is 25.6 Å². The smallest absolute Gasteiger partial charge is 0.343 e. The third-order valence-corrected chi connectivity index (χ3v) is 5.02. The molecule has 0 aliphatic carbocycles. The Balaban J connectivity index is 1.68. The maximum absolute atomic E-state index is 12.3. The number of esters is 1. The highest BCUT2D eigenvalue weighted by molar-refractivity contribution is 9.10. The average Bonchev–Trinajstić information content (AvgIpc) is 2.68. The largest absolute Gasteiger partial charge is 0.423 e. The van der Waals surface area contributed by atoms with Crippen molar-refractivity contribution in [3.63, 3.8) is 0 Å². The first kappa shape index (κ1) is 20.3. The molecule has 0 saturated heterocycles. The quantitative estimate of drug-likeness (QED) is 0.175. The first-order valence-electron chi connectivity index (χ1n) is 8.18. The van der Waals surface area contributed by atoms with Crippen LogP contribution in [0.5, 0.6) is 5.75 Å². The number of ether oxygens (including phenoxy) is 1. The molecule has 0 N–H and O–H groups in total. The molecule has 6 heteroatoms. The molecule has 0 fully saturated rings. The van der Waals surface area contributed by atoms with Gasteiger partial charge in [0.05, 0.1) is 5.56 Å². The molecule has 140 valence electrons. The number of hydrogen-bond donors (Lipinski definition) is 0. The second-order valence-corrected chi connectivity index (χ2v) is 7.48. The zero-order valence-corrected chi connectivity index (χ0v) is 17.5. The van der Waals surface area contributed by atoms with Crippen LogP contribution in [0, 0.1) is 0 Å². The lowest BCUT2D eigenvalue weighted by atomic mass is 10.1. The van der Waals surface area contributed by atoms with Gasteiger partial charge in [-0.1, -0.05) is 45.2 Å². The lowest BCUT2D eigenvalue weighted by molar-refractivity contribution is 0.0734. The molecule has 0 aliphatic heterocycles. The van der Waals surface area contributed by atoms with Gasteiger partial charge in [-0.05, 0) is 72.8 Å². The number of rotatable bonds is 5. The fraction of sp³-hybridized carbons (Fsp3) is 0. The number of allylic oxidation sites excluding steroid dienone is 1. The fourth-order valence-corrected chi connectivity index (χ4v) is 3.15. The zero-order chi connectivity index (χ0) is 20.1. The Morgan fingerprint density at radius 2 is 1.39 bits per heavy atom. The van der Waals surface area contributed by atoms with Crippen LogP contribution in [-0.2, 0) is 0 Å². The first-order chi connectivity index (χ1) is 13.4. The summed E-state index contributed by atoms with van der Waals surface area (Å²) in [4.78, 5) is 24.5. The fourth-order valence-electron chi connectivity index (χ4n) is 2.36. The molecule has 0 aromatic heterocycles. The Morgan fingerprint density at radius 3 is 2.00 bits per heavy atom. The molecule has 0 bridgehead atoms. The second kappa shape index (κ2) is 9.20. The van der Waals surface area contributed by atoms with Gasteiger partial charge >= 0.3 is 5.97 Å². The zero-order valence-electron chi connectivity index (χ0n) is 14.4. The minimum absolute atomic E-state index is 0.221. The van der Waals surface area contributed by atoms with Crippen molar-refractivity contribution in [3.05, 3.63) is 104 Å². The number of benzene rings is 3. The predicted octanol–water partition coefficient (Wildman–Crippen LogP) is 6.87. The second-order valence-electron chi connectivity index (χ2n) is 5.75. The van der Waals surface area contributed by atoms with Crippen LogP contribution in [0.1, 0.15) is 26.3 Å². The highest BCUT2D eigenvalue weighted by Gasteiger charge is 2.10. The van der Waals surface area contributed by atoms with E-state index in [1.54, 1.807) is 72.8 Å².